The summed E-state index contributed by atoms with van der Waals surface area (Å²) in [6, 6.07) is 7.51. The SMILES string of the molecule is Cn1ccnc1[C@@](O)(CC(=O)N1CCc2ccccc2C1)C(F)(F)F. The van der Waals surface area contributed by atoms with Gasteiger partial charge in [0.15, 0.2) is 5.82 Å². The third kappa shape index (κ3) is 3.13. The number of aryl methyl sites for hydroxylation is 1. The van der Waals surface area contributed by atoms with Crippen LogP contribution in [0, 0.1) is 0 Å². The first-order valence-electron chi connectivity index (χ1n) is 7.84. The molecule has 1 aliphatic heterocycles. The lowest BCUT2D eigenvalue weighted by atomic mass is 9.94. The molecule has 0 bridgehead atoms. The maximum absolute atomic E-state index is 13.5. The number of aliphatic hydroxyl groups is 1. The zero-order valence-corrected chi connectivity index (χ0v) is 13.6. The molecule has 3 rings (SSSR count). The molecule has 0 spiro atoms. The number of hydrogen-bond acceptors (Lipinski definition) is 3. The monoisotopic (exact) mass is 353 g/mol. The summed E-state index contributed by atoms with van der Waals surface area (Å²) in [5, 5.41) is 10.3. The molecule has 134 valence electrons. The van der Waals surface area contributed by atoms with E-state index in [9.17, 15) is 23.1 Å². The number of rotatable bonds is 3. The first kappa shape index (κ1) is 17.5. The Labute approximate surface area is 142 Å². The number of fused-ring (bicyclic) bond motifs is 1. The van der Waals surface area contributed by atoms with Gasteiger partial charge in [0, 0.05) is 32.5 Å². The molecule has 0 fully saturated rings. The van der Waals surface area contributed by atoms with Gasteiger partial charge in [-0.25, -0.2) is 4.98 Å². The summed E-state index contributed by atoms with van der Waals surface area (Å²) in [4.78, 5) is 17.5. The molecule has 1 aliphatic rings. The molecular formula is C17H18F3N3O2. The highest BCUT2D eigenvalue weighted by atomic mass is 19.4. The molecule has 0 unspecified atom stereocenters. The van der Waals surface area contributed by atoms with Crippen LogP contribution in [0.1, 0.15) is 23.4 Å². The van der Waals surface area contributed by atoms with Gasteiger partial charge >= 0.3 is 6.18 Å². The van der Waals surface area contributed by atoms with Crippen LogP contribution < -0.4 is 0 Å². The van der Waals surface area contributed by atoms with E-state index >= 15 is 0 Å². The molecular weight excluding hydrogens is 335 g/mol. The molecule has 5 nitrogen and oxygen atoms in total. The zero-order valence-electron chi connectivity index (χ0n) is 13.6. The molecule has 2 aromatic rings. The molecule has 1 atom stereocenters. The first-order chi connectivity index (χ1) is 11.7. The quantitative estimate of drug-likeness (QED) is 0.920. The van der Waals surface area contributed by atoms with Gasteiger partial charge in [-0.05, 0) is 17.5 Å². The molecule has 0 saturated heterocycles. The molecule has 0 saturated carbocycles. The largest absolute Gasteiger partial charge is 0.425 e. The third-order valence-electron chi connectivity index (χ3n) is 4.55. The Hall–Kier alpha value is -2.35. The van der Waals surface area contributed by atoms with Crippen LogP contribution in [0.15, 0.2) is 36.7 Å². The number of aromatic nitrogens is 2. The number of halogens is 3. The summed E-state index contributed by atoms with van der Waals surface area (Å²) in [6.07, 6.45) is -3.07. The van der Waals surface area contributed by atoms with Crippen molar-refractivity contribution in [1.82, 2.24) is 14.5 Å². The average molecular weight is 353 g/mol. The lowest BCUT2D eigenvalue weighted by Crippen LogP contribution is -2.49. The second kappa shape index (κ2) is 6.18. The highest BCUT2D eigenvalue weighted by Crippen LogP contribution is 2.41. The summed E-state index contributed by atoms with van der Waals surface area (Å²) in [6.45, 7) is 0.563. The Balaban J connectivity index is 1.84. The van der Waals surface area contributed by atoms with Crippen molar-refractivity contribution in [2.75, 3.05) is 6.54 Å². The molecule has 25 heavy (non-hydrogen) atoms. The number of nitrogens with zero attached hydrogens (tertiary/aromatic N) is 3. The molecule has 1 aromatic heterocycles. The predicted octanol–water partition coefficient (Wildman–Crippen LogP) is 2.14. The van der Waals surface area contributed by atoms with Crippen LogP contribution in [0.5, 0.6) is 0 Å². The van der Waals surface area contributed by atoms with E-state index in [-0.39, 0.29) is 6.54 Å². The zero-order chi connectivity index (χ0) is 18.2. The van der Waals surface area contributed by atoms with Gasteiger partial charge in [0.25, 0.3) is 0 Å². The summed E-state index contributed by atoms with van der Waals surface area (Å²) in [7, 11) is 1.35. The maximum atomic E-state index is 13.5. The van der Waals surface area contributed by atoms with E-state index in [2.05, 4.69) is 4.98 Å². The second-order valence-electron chi connectivity index (χ2n) is 6.23. The van der Waals surface area contributed by atoms with Gasteiger partial charge < -0.3 is 14.6 Å². The number of alkyl halides is 3. The van der Waals surface area contributed by atoms with Crippen LogP contribution in [0.25, 0.3) is 0 Å². The van der Waals surface area contributed by atoms with Gasteiger partial charge in [0.05, 0.1) is 6.42 Å². The van der Waals surface area contributed by atoms with Gasteiger partial charge in [-0.1, -0.05) is 24.3 Å². The average Bonchev–Trinajstić information content (AvgIpc) is 2.99. The van der Waals surface area contributed by atoms with Crippen molar-refractivity contribution in [1.29, 1.82) is 0 Å². The van der Waals surface area contributed by atoms with Crippen molar-refractivity contribution in [3.63, 3.8) is 0 Å². The van der Waals surface area contributed by atoms with Crippen LogP contribution in [-0.2, 0) is 30.4 Å². The topological polar surface area (TPSA) is 58.4 Å². The Morgan fingerprint density at radius 2 is 1.96 bits per heavy atom. The van der Waals surface area contributed by atoms with Gasteiger partial charge in [-0.2, -0.15) is 13.2 Å². The minimum atomic E-state index is -5.02. The van der Waals surface area contributed by atoms with Crippen molar-refractivity contribution < 1.29 is 23.1 Å². The van der Waals surface area contributed by atoms with Crippen LogP contribution in [0.3, 0.4) is 0 Å². The van der Waals surface area contributed by atoms with E-state index in [1.165, 1.54) is 18.1 Å². The van der Waals surface area contributed by atoms with Crippen molar-refractivity contribution >= 4 is 5.91 Å². The number of benzene rings is 1. The molecule has 0 radical (unpaired) electrons. The van der Waals surface area contributed by atoms with E-state index in [4.69, 9.17) is 0 Å². The van der Waals surface area contributed by atoms with Crippen molar-refractivity contribution in [2.24, 2.45) is 7.05 Å². The maximum Gasteiger partial charge on any atom is 0.425 e. The van der Waals surface area contributed by atoms with Crippen LogP contribution >= 0.6 is 0 Å². The predicted molar refractivity (Wildman–Crippen MR) is 83.3 cm³/mol. The fourth-order valence-electron chi connectivity index (χ4n) is 3.11. The normalized spacial score (nSPS) is 17.1. The van der Waals surface area contributed by atoms with Gasteiger partial charge in [0.2, 0.25) is 11.5 Å². The molecule has 1 N–H and O–H groups in total. The first-order valence-corrected chi connectivity index (χ1v) is 7.84. The van der Waals surface area contributed by atoms with Crippen LogP contribution in [0.2, 0.25) is 0 Å². The molecule has 1 aromatic carbocycles. The van der Waals surface area contributed by atoms with E-state index in [0.29, 0.717) is 13.0 Å². The highest BCUT2D eigenvalue weighted by molar-refractivity contribution is 5.78. The van der Waals surface area contributed by atoms with E-state index < -0.39 is 29.9 Å². The van der Waals surface area contributed by atoms with E-state index in [1.807, 2.05) is 24.3 Å². The highest BCUT2D eigenvalue weighted by Gasteiger charge is 2.59. The minimum Gasteiger partial charge on any atom is -0.374 e. The van der Waals surface area contributed by atoms with Crippen LogP contribution in [0.4, 0.5) is 13.2 Å². The fraction of sp³-hybridized carbons (Fsp3) is 0.412. The number of hydrogen-bond donors (Lipinski definition) is 1. The molecule has 0 aliphatic carbocycles. The molecule has 2 heterocycles. The third-order valence-corrected chi connectivity index (χ3v) is 4.55. The number of carbonyl (C=O) groups excluding carboxylic acids is 1. The molecule has 8 heteroatoms. The van der Waals surface area contributed by atoms with Gasteiger partial charge in [-0.15, -0.1) is 0 Å². The molecule has 1 amide bonds. The lowest BCUT2D eigenvalue weighted by molar-refractivity contribution is -0.272. The Morgan fingerprint density at radius 3 is 2.56 bits per heavy atom. The number of imidazole rings is 1. The van der Waals surface area contributed by atoms with Crippen molar-refractivity contribution in [3.8, 4) is 0 Å². The Morgan fingerprint density at radius 1 is 1.28 bits per heavy atom. The second-order valence-corrected chi connectivity index (χ2v) is 6.23. The fourth-order valence-corrected chi connectivity index (χ4v) is 3.11. The lowest BCUT2D eigenvalue weighted by Gasteiger charge is -2.34. The van der Waals surface area contributed by atoms with Gasteiger partial charge in [-0.3, -0.25) is 4.79 Å². The van der Waals surface area contributed by atoms with E-state index in [1.54, 1.807) is 0 Å². The van der Waals surface area contributed by atoms with Crippen molar-refractivity contribution in [2.45, 2.75) is 31.2 Å². The number of carbonyl (C=O) groups is 1. The van der Waals surface area contributed by atoms with Gasteiger partial charge in [0.1, 0.15) is 0 Å². The summed E-state index contributed by atoms with van der Waals surface area (Å²) < 4.78 is 41.7. The summed E-state index contributed by atoms with van der Waals surface area (Å²) >= 11 is 0. The Bertz CT molecular complexity index is 787. The summed E-state index contributed by atoms with van der Waals surface area (Å²) in [5.74, 6) is -1.34. The van der Waals surface area contributed by atoms with E-state index in [0.717, 1.165) is 21.9 Å². The minimum absolute atomic E-state index is 0.240. The number of amides is 1. The Kier molecular flexibility index (Phi) is 4.32. The summed E-state index contributed by atoms with van der Waals surface area (Å²) in [5.41, 5.74) is -1.32. The van der Waals surface area contributed by atoms with Crippen LogP contribution in [-0.4, -0.2) is 38.2 Å². The standard InChI is InChI=1S/C17H18F3N3O2/c1-22-9-7-21-15(22)16(25,17(18,19)20)10-14(24)23-8-6-12-4-2-3-5-13(12)11-23/h2-5,7,9,25H,6,8,10-11H2,1H3/t16-/m0/s1. The smallest absolute Gasteiger partial charge is 0.374 e. The van der Waals surface area contributed by atoms with Crippen molar-refractivity contribution in [3.05, 3.63) is 53.6 Å².